The zero-order valence-electron chi connectivity index (χ0n) is 11.3. The maximum absolute atomic E-state index is 10.9. The van der Waals surface area contributed by atoms with Crippen molar-refractivity contribution in [2.24, 2.45) is 5.92 Å². The van der Waals surface area contributed by atoms with Gasteiger partial charge in [-0.05, 0) is 55.9 Å². The maximum atomic E-state index is 10.9. The van der Waals surface area contributed by atoms with E-state index >= 15 is 0 Å². The molecule has 2 N–H and O–H groups in total. The first kappa shape index (κ1) is 13.9. The van der Waals surface area contributed by atoms with Gasteiger partial charge in [0.15, 0.2) is 0 Å². The van der Waals surface area contributed by atoms with Crippen LogP contribution in [-0.2, 0) is 0 Å². The SMILES string of the molecule is Cc1cc(C(=O)O)ccc1N1CCCC(CCO)C1. The number of aliphatic hydroxyl groups is 1. The molecule has 0 radical (unpaired) electrons. The van der Waals surface area contributed by atoms with Gasteiger partial charge in [0.05, 0.1) is 5.56 Å². The van der Waals surface area contributed by atoms with Crippen molar-refractivity contribution in [3.63, 3.8) is 0 Å². The van der Waals surface area contributed by atoms with Gasteiger partial charge in [0, 0.05) is 25.4 Å². The highest BCUT2D eigenvalue weighted by Gasteiger charge is 2.21. The molecule has 1 atom stereocenters. The normalized spacial score (nSPS) is 19.5. The van der Waals surface area contributed by atoms with Crippen molar-refractivity contribution in [2.45, 2.75) is 26.2 Å². The quantitative estimate of drug-likeness (QED) is 0.875. The zero-order chi connectivity index (χ0) is 13.8. The van der Waals surface area contributed by atoms with E-state index in [-0.39, 0.29) is 6.61 Å². The standard InChI is InChI=1S/C15H21NO3/c1-11-9-13(15(18)19)4-5-14(11)16-7-2-3-12(10-16)6-8-17/h4-5,9,12,17H,2-3,6-8,10H2,1H3,(H,18,19). The van der Waals surface area contributed by atoms with Gasteiger partial charge in [-0.2, -0.15) is 0 Å². The summed E-state index contributed by atoms with van der Waals surface area (Å²) in [5.74, 6) is -0.344. The van der Waals surface area contributed by atoms with Gasteiger partial charge >= 0.3 is 5.97 Å². The van der Waals surface area contributed by atoms with Crippen LogP contribution in [0.25, 0.3) is 0 Å². The topological polar surface area (TPSA) is 60.8 Å². The second-order valence-corrected chi connectivity index (χ2v) is 5.27. The highest BCUT2D eigenvalue weighted by atomic mass is 16.4. The fourth-order valence-corrected chi connectivity index (χ4v) is 2.85. The summed E-state index contributed by atoms with van der Waals surface area (Å²) < 4.78 is 0. The Morgan fingerprint density at radius 3 is 2.89 bits per heavy atom. The summed E-state index contributed by atoms with van der Waals surface area (Å²) in [5, 5.41) is 18.0. The minimum absolute atomic E-state index is 0.245. The van der Waals surface area contributed by atoms with Crippen molar-refractivity contribution in [3.8, 4) is 0 Å². The van der Waals surface area contributed by atoms with Gasteiger partial charge in [-0.3, -0.25) is 0 Å². The van der Waals surface area contributed by atoms with Crippen LogP contribution in [0.4, 0.5) is 5.69 Å². The molecule has 1 aliphatic heterocycles. The van der Waals surface area contributed by atoms with Gasteiger partial charge in [0.2, 0.25) is 0 Å². The van der Waals surface area contributed by atoms with Gasteiger partial charge in [0.1, 0.15) is 0 Å². The number of hydrogen-bond donors (Lipinski definition) is 2. The van der Waals surface area contributed by atoms with Crippen molar-refractivity contribution in [3.05, 3.63) is 29.3 Å². The third kappa shape index (κ3) is 3.26. The zero-order valence-corrected chi connectivity index (χ0v) is 11.3. The molecule has 104 valence electrons. The average Bonchev–Trinajstić information content (AvgIpc) is 2.39. The van der Waals surface area contributed by atoms with Crippen LogP contribution < -0.4 is 4.90 Å². The summed E-state index contributed by atoms with van der Waals surface area (Å²) >= 11 is 0. The Morgan fingerprint density at radius 2 is 2.26 bits per heavy atom. The molecular formula is C15H21NO3. The molecule has 1 fully saturated rings. The number of anilines is 1. The number of rotatable bonds is 4. The molecule has 2 rings (SSSR count). The summed E-state index contributed by atoms with van der Waals surface area (Å²) in [5.41, 5.74) is 2.46. The number of benzene rings is 1. The largest absolute Gasteiger partial charge is 0.478 e. The van der Waals surface area contributed by atoms with E-state index in [2.05, 4.69) is 4.90 Å². The van der Waals surface area contributed by atoms with Gasteiger partial charge in [-0.15, -0.1) is 0 Å². The third-order valence-electron chi connectivity index (χ3n) is 3.84. The van der Waals surface area contributed by atoms with Crippen LogP contribution in [0, 0.1) is 12.8 Å². The number of aryl methyl sites for hydroxylation is 1. The number of nitrogens with zero attached hydrogens (tertiary/aromatic N) is 1. The highest BCUT2D eigenvalue weighted by molar-refractivity contribution is 5.88. The van der Waals surface area contributed by atoms with Crippen LogP contribution in [-0.4, -0.2) is 35.9 Å². The molecule has 1 saturated heterocycles. The van der Waals surface area contributed by atoms with E-state index in [1.807, 2.05) is 13.0 Å². The van der Waals surface area contributed by atoms with Crippen LogP contribution in [0.2, 0.25) is 0 Å². The summed E-state index contributed by atoms with van der Waals surface area (Å²) in [6, 6.07) is 5.30. The lowest BCUT2D eigenvalue weighted by Crippen LogP contribution is -2.36. The van der Waals surface area contributed by atoms with Crippen LogP contribution >= 0.6 is 0 Å². The molecule has 1 aromatic carbocycles. The van der Waals surface area contributed by atoms with E-state index < -0.39 is 5.97 Å². The fraction of sp³-hybridized carbons (Fsp3) is 0.533. The number of aromatic carboxylic acids is 1. The number of aliphatic hydroxyl groups excluding tert-OH is 1. The molecule has 0 bridgehead atoms. The van der Waals surface area contributed by atoms with Crippen molar-refractivity contribution in [2.75, 3.05) is 24.6 Å². The van der Waals surface area contributed by atoms with Gasteiger partial charge in [-0.1, -0.05) is 0 Å². The first-order chi connectivity index (χ1) is 9.11. The molecular weight excluding hydrogens is 242 g/mol. The predicted molar refractivity (Wildman–Crippen MR) is 74.8 cm³/mol. The van der Waals surface area contributed by atoms with E-state index in [1.54, 1.807) is 12.1 Å². The van der Waals surface area contributed by atoms with Crippen LogP contribution in [0.5, 0.6) is 0 Å². The van der Waals surface area contributed by atoms with E-state index in [9.17, 15) is 4.79 Å². The molecule has 4 heteroatoms. The van der Waals surface area contributed by atoms with Gasteiger partial charge in [0.25, 0.3) is 0 Å². The molecule has 19 heavy (non-hydrogen) atoms. The first-order valence-corrected chi connectivity index (χ1v) is 6.81. The van der Waals surface area contributed by atoms with Crippen LogP contribution in [0.1, 0.15) is 35.2 Å². The van der Waals surface area contributed by atoms with E-state index in [0.717, 1.165) is 37.2 Å². The molecule has 0 aliphatic carbocycles. The van der Waals surface area contributed by atoms with E-state index in [0.29, 0.717) is 11.5 Å². The van der Waals surface area contributed by atoms with Gasteiger partial charge in [-0.25, -0.2) is 4.79 Å². The number of carboxylic acid groups (broad SMARTS) is 1. The first-order valence-electron chi connectivity index (χ1n) is 6.81. The number of carboxylic acids is 1. The molecule has 1 aliphatic rings. The Bertz CT molecular complexity index is 457. The van der Waals surface area contributed by atoms with Crippen molar-refractivity contribution in [1.29, 1.82) is 0 Å². The van der Waals surface area contributed by atoms with Crippen LogP contribution in [0.3, 0.4) is 0 Å². The minimum atomic E-state index is -0.883. The summed E-state index contributed by atoms with van der Waals surface area (Å²) in [7, 11) is 0. The predicted octanol–water partition coefficient (Wildman–Crippen LogP) is 2.29. The molecule has 1 aromatic rings. The van der Waals surface area contributed by atoms with E-state index in [1.165, 1.54) is 6.42 Å². The lowest BCUT2D eigenvalue weighted by atomic mass is 9.94. The van der Waals surface area contributed by atoms with Gasteiger partial charge < -0.3 is 15.1 Å². The maximum Gasteiger partial charge on any atom is 0.335 e. The lowest BCUT2D eigenvalue weighted by molar-refractivity contribution is 0.0697. The van der Waals surface area contributed by atoms with Crippen molar-refractivity contribution >= 4 is 11.7 Å². The smallest absolute Gasteiger partial charge is 0.335 e. The van der Waals surface area contributed by atoms with Crippen molar-refractivity contribution in [1.82, 2.24) is 0 Å². The third-order valence-corrected chi connectivity index (χ3v) is 3.84. The fourth-order valence-electron chi connectivity index (χ4n) is 2.85. The Hall–Kier alpha value is -1.55. The summed E-state index contributed by atoms with van der Waals surface area (Å²) in [6.07, 6.45) is 3.15. The van der Waals surface area contributed by atoms with Crippen molar-refractivity contribution < 1.29 is 15.0 Å². The molecule has 0 saturated carbocycles. The summed E-state index contributed by atoms with van der Waals surface area (Å²) in [4.78, 5) is 13.2. The Labute approximate surface area is 113 Å². The van der Waals surface area contributed by atoms with Crippen LogP contribution in [0.15, 0.2) is 18.2 Å². The monoisotopic (exact) mass is 263 g/mol. The Kier molecular flexibility index (Phi) is 4.43. The number of piperidine rings is 1. The Morgan fingerprint density at radius 1 is 1.47 bits per heavy atom. The Balaban J connectivity index is 2.15. The molecule has 0 aromatic heterocycles. The summed E-state index contributed by atoms with van der Waals surface area (Å²) in [6.45, 7) is 4.16. The second-order valence-electron chi connectivity index (χ2n) is 5.27. The van der Waals surface area contributed by atoms with E-state index in [4.69, 9.17) is 10.2 Å². The average molecular weight is 263 g/mol. The molecule has 4 nitrogen and oxygen atoms in total. The molecule has 0 spiro atoms. The second kappa shape index (κ2) is 6.06. The molecule has 1 unspecified atom stereocenters. The number of hydrogen-bond acceptors (Lipinski definition) is 3. The highest BCUT2D eigenvalue weighted by Crippen LogP contribution is 2.28. The number of carbonyl (C=O) groups is 1. The molecule has 1 heterocycles. The molecule has 0 amide bonds. The minimum Gasteiger partial charge on any atom is -0.478 e. The lowest BCUT2D eigenvalue weighted by Gasteiger charge is -2.35.